The number of ether oxygens (including phenoxy) is 3. The number of nitrogens with zero attached hydrogens (tertiary/aromatic N) is 2. The molecule has 0 heterocycles. The largest absolute Gasteiger partial charge is 0.497 e. The molecule has 0 saturated heterocycles. The summed E-state index contributed by atoms with van der Waals surface area (Å²) in [4.78, 5) is 29.1. The van der Waals surface area contributed by atoms with E-state index in [1.807, 2.05) is 13.0 Å². The van der Waals surface area contributed by atoms with Crippen molar-refractivity contribution in [3.63, 3.8) is 0 Å². The van der Waals surface area contributed by atoms with Gasteiger partial charge < -0.3 is 24.4 Å². The normalized spacial score (nSPS) is 14.0. The van der Waals surface area contributed by atoms with E-state index in [2.05, 4.69) is 5.32 Å². The van der Waals surface area contributed by atoms with E-state index >= 15 is 0 Å². The molecule has 2 amide bonds. The van der Waals surface area contributed by atoms with Crippen LogP contribution in [0.4, 0.5) is 10.1 Å². The monoisotopic (exact) mass is 641 g/mol. The average Bonchev–Trinajstić information content (AvgIpc) is 3.56. The predicted molar refractivity (Wildman–Crippen MR) is 168 cm³/mol. The topological polar surface area (TPSA) is 114 Å². The first-order valence-corrected chi connectivity index (χ1v) is 16.3. The van der Waals surface area contributed by atoms with Gasteiger partial charge in [0.2, 0.25) is 11.8 Å². The molecule has 3 aromatic rings. The van der Waals surface area contributed by atoms with E-state index in [1.165, 1.54) is 56.6 Å². The van der Waals surface area contributed by atoms with Crippen LogP contribution >= 0.6 is 0 Å². The second-order valence-corrected chi connectivity index (χ2v) is 12.7. The van der Waals surface area contributed by atoms with Crippen molar-refractivity contribution in [2.75, 3.05) is 32.2 Å². The first kappa shape index (κ1) is 33.6. The third-order valence-electron chi connectivity index (χ3n) is 7.91. The zero-order valence-corrected chi connectivity index (χ0v) is 26.8. The van der Waals surface area contributed by atoms with Crippen molar-refractivity contribution in [3.8, 4) is 17.2 Å². The molecule has 1 N–H and O–H groups in total. The Bertz CT molecular complexity index is 1580. The summed E-state index contributed by atoms with van der Waals surface area (Å²) < 4.78 is 59.1. The average molecular weight is 642 g/mol. The molecule has 242 valence electrons. The van der Waals surface area contributed by atoms with Crippen LogP contribution in [0.5, 0.6) is 17.2 Å². The molecule has 0 bridgehead atoms. The Hall–Kier alpha value is -4.32. The number of carbonyl (C=O) groups excluding carboxylic acids is 2. The lowest BCUT2D eigenvalue weighted by Gasteiger charge is -2.34. The van der Waals surface area contributed by atoms with E-state index in [-0.39, 0.29) is 34.8 Å². The summed E-state index contributed by atoms with van der Waals surface area (Å²) >= 11 is 0. The summed E-state index contributed by atoms with van der Waals surface area (Å²) in [5.41, 5.74) is 0.773. The zero-order chi connectivity index (χ0) is 32.6. The number of halogens is 1. The molecular weight excluding hydrogens is 601 g/mol. The number of nitrogens with one attached hydrogen (secondary N) is 1. The molecule has 45 heavy (non-hydrogen) atoms. The Morgan fingerprint density at radius 3 is 2.24 bits per heavy atom. The molecular formula is C33H40FN3O7S. The number of rotatable bonds is 14. The van der Waals surface area contributed by atoms with Crippen molar-refractivity contribution in [1.82, 2.24) is 10.2 Å². The first-order chi connectivity index (χ1) is 21.6. The molecule has 0 radical (unpaired) electrons. The van der Waals surface area contributed by atoms with Gasteiger partial charge in [-0.3, -0.25) is 13.9 Å². The molecule has 0 spiro atoms. The highest BCUT2D eigenvalue weighted by atomic mass is 32.2. The van der Waals surface area contributed by atoms with Gasteiger partial charge in [0.1, 0.15) is 24.2 Å². The van der Waals surface area contributed by atoms with E-state index in [0.29, 0.717) is 23.5 Å². The van der Waals surface area contributed by atoms with Gasteiger partial charge in [0, 0.05) is 18.7 Å². The fourth-order valence-electron chi connectivity index (χ4n) is 5.49. The number of anilines is 1. The Balaban J connectivity index is 1.75. The fourth-order valence-corrected chi connectivity index (χ4v) is 6.92. The van der Waals surface area contributed by atoms with Crippen LogP contribution in [-0.2, 0) is 26.2 Å². The summed E-state index contributed by atoms with van der Waals surface area (Å²) in [7, 11) is -0.0550. The van der Waals surface area contributed by atoms with Crippen LogP contribution in [0.1, 0.15) is 44.6 Å². The van der Waals surface area contributed by atoms with Crippen LogP contribution in [0, 0.1) is 5.82 Å². The third kappa shape index (κ3) is 8.05. The molecule has 1 aliphatic carbocycles. The van der Waals surface area contributed by atoms with Gasteiger partial charge in [-0.05, 0) is 73.4 Å². The highest BCUT2D eigenvalue weighted by Gasteiger charge is 2.35. The van der Waals surface area contributed by atoms with Crippen molar-refractivity contribution < 1.29 is 36.6 Å². The highest BCUT2D eigenvalue weighted by Crippen LogP contribution is 2.32. The van der Waals surface area contributed by atoms with Crippen LogP contribution in [0.15, 0.2) is 71.6 Å². The molecule has 0 aliphatic heterocycles. The van der Waals surface area contributed by atoms with Crippen LogP contribution in [0.25, 0.3) is 0 Å². The number of methoxy groups -OCH3 is 3. The van der Waals surface area contributed by atoms with E-state index in [1.54, 1.807) is 18.2 Å². The summed E-state index contributed by atoms with van der Waals surface area (Å²) in [5, 5.41) is 3.09. The third-order valence-corrected chi connectivity index (χ3v) is 9.68. The van der Waals surface area contributed by atoms with Crippen LogP contribution < -0.4 is 23.8 Å². The van der Waals surface area contributed by atoms with Gasteiger partial charge in [0.05, 0.1) is 31.9 Å². The quantitative estimate of drug-likeness (QED) is 0.266. The number of sulfonamides is 1. The lowest BCUT2D eigenvalue weighted by atomic mass is 10.1. The van der Waals surface area contributed by atoms with E-state index in [9.17, 15) is 22.4 Å². The van der Waals surface area contributed by atoms with Crippen molar-refractivity contribution in [3.05, 3.63) is 78.1 Å². The van der Waals surface area contributed by atoms with Gasteiger partial charge in [-0.2, -0.15) is 0 Å². The van der Waals surface area contributed by atoms with Gasteiger partial charge in [-0.1, -0.05) is 31.9 Å². The van der Waals surface area contributed by atoms with Crippen LogP contribution in [0.3, 0.4) is 0 Å². The summed E-state index contributed by atoms with van der Waals surface area (Å²) in [6.45, 7) is 1.18. The molecule has 1 fully saturated rings. The molecule has 1 aliphatic rings. The van der Waals surface area contributed by atoms with Gasteiger partial charge in [-0.25, -0.2) is 12.8 Å². The predicted octanol–water partition coefficient (Wildman–Crippen LogP) is 4.91. The van der Waals surface area contributed by atoms with Crippen molar-refractivity contribution >= 4 is 27.5 Å². The minimum absolute atomic E-state index is 0.0281. The number of hydrogen-bond acceptors (Lipinski definition) is 7. The smallest absolute Gasteiger partial charge is 0.264 e. The second-order valence-electron chi connectivity index (χ2n) is 10.8. The maximum Gasteiger partial charge on any atom is 0.264 e. The highest BCUT2D eigenvalue weighted by molar-refractivity contribution is 7.92. The molecule has 3 aromatic carbocycles. The van der Waals surface area contributed by atoms with E-state index < -0.39 is 34.3 Å². The standard InChI is InChI=1S/C33H40FN3O7S/c1-5-29(33(39)35-25-10-6-7-11-25)36(21-23-9-8-12-27(19-23)42-2)32(38)22-37(26-15-13-24(34)14-16-26)45(40,41)28-17-18-30(43-3)31(20-28)44-4/h8-9,12-20,25,29H,5-7,10-11,21-22H2,1-4H3,(H,35,39)/t29-/m0/s1. The fraction of sp³-hybridized carbons (Fsp3) is 0.394. The number of amides is 2. The zero-order valence-electron chi connectivity index (χ0n) is 26.0. The molecule has 0 unspecified atom stereocenters. The molecule has 12 heteroatoms. The first-order valence-electron chi connectivity index (χ1n) is 14.8. The SMILES string of the molecule is CC[C@@H](C(=O)NC1CCCC1)N(Cc1cccc(OC)c1)C(=O)CN(c1ccc(F)cc1)S(=O)(=O)c1ccc(OC)c(OC)c1. The number of hydrogen-bond donors (Lipinski definition) is 1. The molecule has 1 saturated carbocycles. The van der Waals surface area contributed by atoms with Gasteiger partial charge in [0.25, 0.3) is 10.0 Å². The Morgan fingerprint density at radius 2 is 1.62 bits per heavy atom. The summed E-state index contributed by atoms with van der Waals surface area (Å²) in [6, 6.07) is 15.2. The molecule has 0 aromatic heterocycles. The van der Waals surface area contributed by atoms with Gasteiger partial charge >= 0.3 is 0 Å². The Labute approximate surface area is 264 Å². The van der Waals surface area contributed by atoms with Crippen molar-refractivity contribution in [1.29, 1.82) is 0 Å². The molecule has 1 atom stereocenters. The second kappa shape index (κ2) is 15.1. The van der Waals surface area contributed by atoms with Crippen LogP contribution in [-0.4, -0.2) is 65.1 Å². The van der Waals surface area contributed by atoms with Crippen LogP contribution in [0.2, 0.25) is 0 Å². The van der Waals surface area contributed by atoms with Gasteiger partial charge in [-0.15, -0.1) is 0 Å². The maximum absolute atomic E-state index is 14.3. The maximum atomic E-state index is 14.3. The number of carbonyl (C=O) groups is 2. The van der Waals surface area contributed by atoms with Gasteiger partial charge in [0.15, 0.2) is 11.5 Å². The van der Waals surface area contributed by atoms with E-state index in [4.69, 9.17) is 14.2 Å². The van der Waals surface area contributed by atoms with Crippen molar-refractivity contribution in [2.24, 2.45) is 0 Å². The number of benzene rings is 3. The Kier molecular flexibility index (Phi) is 11.3. The Morgan fingerprint density at radius 1 is 0.933 bits per heavy atom. The molecule has 10 nitrogen and oxygen atoms in total. The minimum Gasteiger partial charge on any atom is -0.497 e. The van der Waals surface area contributed by atoms with E-state index in [0.717, 1.165) is 42.1 Å². The summed E-state index contributed by atoms with van der Waals surface area (Å²) in [6.07, 6.45) is 4.08. The summed E-state index contributed by atoms with van der Waals surface area (Å²) in [5.74, 6) is -0.394. The van der Waals surface area contributed by atoms with Crippen molar-refractivity contribution in [2.45, 2.75) is 62.6 Å². The minimum atomic E-state index is -4.40. The lowest BCUT2D eigenvalue weighted by molar-refractivity contribution is -0.140. The lowest BCUT2D eigenvalue weighted by Crippen LogP contribution is -2.53. The molecule has 4 rings (SSSR count).